The predicted octanol–water partition coefficient (Wildman–Crippen LogP) is 6.32. The Balaban J connectivity index is 1.43. The number of amides is 2. The first-order valence-electron chi connectivity index (χ1n) is 10.9. The molecular weight excluding hydrogens is 436 g/mol. The molecule has 32 heavy (non-hydrogen) atoms. The number of thiocarbonyl (C=S) groups is 1. The van der Waals surface area contributed by atoms with Crippen molar-refractivity contribution in [1.29, 1.82) is 0 Å². The van der Waals surface area contributed by atoms with Crippen LogP contribution in [-0.2, 0) is 9.59 Å². The number of benzene rings is 2. The summed E-state index contributed by atoms with van der Waals surface area (Å²) in [5, 5.41) is 3.05. The maximum absolute atomic E-state index is 12.7. The van der Waals surface area contributed by atoms with Gasteiger partial charge in [-0.25, -0.2) is 0 Å². The number of nitrogens with zero attached hydrogens (tertiary/aromatic N) is 1. The van der Waals surface area contributed by atoms with Crippen LogP contribution in [0.4, 0.5) is 5.69 Å². The van der Waals surface area contributed by atoms with Crippen molar-refractivity contribution >= 4 is 51.9 Å². The maximum atomic E-state index is 12.7. The van der Waals surface area contributed by atoms with E-state index in [2.05, 4.69) is 24.4 Å². The normalized spacial score (nSPS) is 15.0. The van der Waals surface area contributed by atoms with Gasteiger partial charge in [0.2, 0.25) is 5.91 Å². The second kappa shape index (κ2) is 10.9. The molecule has 6 heteroatoms. The van der Waals surface area contributed by atoms with Gasteiger partial charge < -0.3 is 5.32 Å². The lowest BCUT2D eigenvalue weighted by atomic mass is 10.0. The Labute approximate surface area is 200 Å². The van der Waals surface area contributed by atoms with Gasteiger partial charge in [0, 0.05) is 18.7 Å². The number of carbonyl (C=O) groups is 2. The summed E-state index contributed by atoms with van der Waals surface area (Å²) >= 11 is 6.78. The third kappa shape index (κ3) is 6.30. The molecule has 1 aliphatic rings. The SMILES string of the molecule is Cc1ccc(C=C2SC(=S)N(CCCCCC(=O)Nc3c(C)cc(C)cc3C)C2=O)cc1. The Hall–Kier alpha value is -2.44. The van der Waals surface area contributed by atoms with Crippen LogP contribution in [0.2, 0.25) is 0 Å². The number of nitrogens with one attached hydrogen (secondary N) is 1. The molecule has 0 atom stereocenters. The zero-order chi connectivity index (χ0) is 23.3. The molecule has 2 aromatic rings. The quantitative estimate of drug-likeness (QED) is 0.281. The summed E-state index contributed by atoms with van der Waals surface area (Å²) in [6.45, 7) is 8.73. The van der Waals surface area contributed by atoms with Gasteiger partial charge in [0.1, 0.15) is 4.32 Å². The van der Waals surface area contributed by atoms with E-state index in [9.17, 15) is 9.59 Å². The van der Waals surface area contributed by atoms with Gasteiger partial charge in [-0.15, -0.1) is 0 Å². The van der Waals surface area contributed by atoms with Crippen molar-refractivity contribution < 1.29 is 9.59 Å². The molecule has 1 fully saturated rings. The second-order valence-electron chi connectivity index (χ2n) is 8.38. The predicted molar refractivity (Wildman–Crippen MR) is 139 cm³/mol. The molecular formula is C26H30N2O2S2. The third-order valence-electron chi connectivity index (χ3n) is 5.48. The average molecular weight is 467 g/mol. The first kappa shape index (κ1) is 24.2. The van der Waals surface area contributed by atoms with E-state index in [-0.39, 0.29) is 11.8 Å². The highest BCUT2D eigenvalue weighted by molar-refractivity contribution is 8.26. The molecule has 0 bridgehead atoms. The number of thioether (sulfide) groups is 1. The summed E-state index contributed by atoms with van der Waals surface area (Å²) in [6, 6.07) is 12.2. The molecule has 0 saturated carbocycles. The minimum Gasteiger partial charge on any atom is -0.326 e. The first-order valence-corrected chi connectivity index (χ1v) is 12.2. The first-order chi connectivity index (χ1) is 15.2. The van der Waals surface area contributed by atoms with E-state index in [1.807, 2.05) is 51.1 Å². The van der Waals surface area contributed by atoms with E-state index in [1.165, 1.54) is 22.9 Å². The molecule has 2 aromatic carbocycles. The standard InChI is InChI=1S/C26H30N2O2S2/c1-17-9-11-21(12-10-17)16-22-25(30)28(26(31)32-22)13-7-5-6-8-23(29)27-24-19(3)14-18(2)15-20(24)4/h9-12,14-16H,5-8,13H2,1-4H3,(H,27,29). The summed E-state index contributed by atoms with van der Waals surface area (Å²) in [4.78, 5) is 27.4. The van der Waals surface area contributed by atoms with Crippen molar-refractivity contribution in [3.8, 4) is 0 Å². The van der Waals surface area contributed by atoms with Crippen molar-refractivity contribution in [3.05, 3.63) is 69.1 Å². The van der Waals surface area contributed by atoms with Gasteiger partial charge in [-0.2, -0.15) is 0 Å². The van der Waals surface area contributed by atoms with Crippen molar-refractivity contribution in [2.75, 3.05) is 11.9 Å². The lowest BCUT2D eigenvalue weighted by Crippen LogP contribution is -2.29. The molecule has 0 spiro atoms. The molecule has 4 nitrogen and oxygen atoms in total. The summed E-state index contributed by atoms with van der Waals surface area (Å²) in [6.07, 6.45) is 4.84. The second-order valence-corrected chi connectivity index (χ2v) is 10.1. The van der Waals surface area contributed by atoms with Crippen molar-refractivity contribution in [1.82, 2.24) is 4.90 Å². The zero-order valence-corrected chi connectivity index (χ0v) is 20.8. The maximum Gasteiger partial charge on any atom is 0.266 e. The average Bonchev–Trinajstić information content (AvgIpc) is 2.99. The molecule has 0 aliphatic carbocycles. The molecule has 1 aliphatic heterocycles. The molecule has 1 heterocycles. The van der Waals surface area contributed by atoms with Gasteiger partial charge in [0.05, 0.1) is 4.91 Å². The minimum atomic E-state index is -0.0244. The summed E-state index contributed by atoms with van der Waals surface area (Å²) < 4.78 is 0.608. The Morgan fingerprint density at radius 1 is 1.00 bits per heavy atom. The van der Waals surface area contributed by atoms with Crippen molar-refractivity contribution in [2.24, 2.45) is 0 Å². The highest BCUT2D eigenvalue weighted by atomic mass is 32.2. The molecule has 0 radical (unpaired) electrons. The molecule has 0 aromatic heterocycles. The van der Waals surface area contributed by atoms with E-state index in [4.69, 9.17) is 12.2 Å². The van der Waals surface area contributed by atoms with Crippen molar-refractivity contribution in [3.63, 3.8) is 0 Å². The van der Waals surface area contributed by atoms with Crippen LogP contribution in [0.5, 0.6) is 0 Å². The minimum absolute atomic E-state index is 0.0244. The lowest BCUT2D eigenvalue weighted by Gasteiger charge is -2.14. The number of rotatable bonds is 8. The Morgan fingerprint density at radius 2 is 1.66 bits per heavy atom. The Kier molecular flexibility index (Phi) is 8.26. The molecule has 0 unspecified atom stereocenters. The summed E-state index contributed by atoms with van der Waals surface area (Å²) in [7, 11) is 0. The highest BCUT2D eigenvalue weighted by Gasteiger charge is 2.31. The van der Waals surface area contributed by atoms with Crippen LogP contribution in [-0.4, -0.2) is 27.6 Å². The number of aryl methyl sites for hydroxylation is 4. The molecule has 1 N–H and O–H groups in total. The molecule has 1 saturated heterocycles. The van der Waals surface area contributed by atoms with E-state index in [0.717, 1.165) is 41.6 Å². The number of carbonyl (C=O) groups excluding carboxylic acids is 2. The highest BCUT2D eigenvalue weighted by Crippen LogP contribution is 2.32. The summed E-state index contributed by atoms with van der Waals surface area (Å²) in [5.74, 6) is 0.00957. The van der Waals surface area contributed by atoms with E-state index in [1.54, 1.807) is 4.90 Å². The van der Waals surface area contributed by atoms with E-state index in [0.29, 0.717) is 22.2 Å². The zero-order valence-electron chi connectivity index (χ0n) is 19.2. The fraction of sp³-hybridized carbons (Fsp3) is 0.346. The molecule has 2 amide bonds. The van der Waals surface area contributed by atoms with Gasteiger partial charge in [-0.05, 0) is 63.3 Å². The number of hydrogen-bond acceptors (Lipinski definition) is 4. The lowest BCUT2D eigenvalue weighted by molar-refractivity contribution is -0.122. The van der Waals surface area contributed by atoms with Crippen LogP contribution in [0.25, 0.3) is 6.08 Å². The fourth-order valence-corrected chi connectivity index (χ4v) is 5.13. The van der Waals surface area contributed by atoms with Crippen LogP contribution < -0.4 is 5.32 Å². The van der Waals surface area contributed by atoms with Gasteiger partial charge in [0.25, 0.3) is 5.91 Å². The number of anilines is 1. The van der Waals surface area contributed by atoms with E-state index >= 15 is 0 Å². The summed E-state index contributed by atoms with van der Waals surface area (Å²) in [5.41, 5.74) is 6.47. The van der Waals surface area contributed by atoms with Crippen LogP contribution in [0.15, 0.2) is 41.3 Å². The molecule has 3 rings (SSSR count). The van der Waals surface area contributed by atoms with Crippen LogP contribution in [0.3, 0.4) is 0 Å². The van der Waals surface area contributed by atoms with E-state index < -0.39 is 0 Å². The van der Waals surface area contributed by atoms with Crippen LogP contribution in [0, 0.1) is 27.7 Å². The van der Waals surface area contributed by atoms with Crippen LogP contribution in [0.1, 0.15) is 53.5 Å². The van der Waals surface area contributed by atoms with Gasteiger partial charge in [0.15, 0.2) is 0 Å². The third-order valence-corrected chi connectivity index (χ3v) is 6.85. The fourth-order valence-electron chi connectivity index (χ4n) is 3.82. The Bertz CT molecular complexity index is 1030. The monoisotopic (exact) mass is 466 g/mol. The van der Waals surface area contributed by atoms with Crippen molar-refractivity contribution in [2.45, 2.75) is 53.4 Å². The largest absolute Gasteiger partial charge is 0.326 e. The van der Waals surface area contributed by atoms with Crippen LogP contribution >= 0.6 is 24.0 Å². The van der Waals surface area contributed by atoms with Gasteiger partial charge >= 0.3 is 0 Å². The number of unbranched alkanes of at least 4 members (excludes halogenated alkanes) is 2. The van der Waals surface area contributed by atoms with Gasteiger partial charge in [-0.1, -0.05) is 77.9 Å². The molecule has 168 valence electrons. The Morgan fingerprint density at radius 3 is 2.31 bits per heavy atom. The number of hydrogen-bond donors (Lipinski definition) is 1. The van der Waals surface area contributed by atoms with Gasteiger partial charge in [-0.3, -0.25) is 14.5 Å². The smallest absolute Gasteiger partial charge is 0.266 e. The topological polar surface area (TPSA) is 49.4 Å².